The van der Waals surface area contributed by atoms with Gasteiger partial charge in [0.1, 0.15) is 34.2 Å². The first kappa shape index (κ1) is 51.1. The van der Waals surface area contributed by atoms with Crippen LogP contribution in [0.25, 0.3) is 22.1 Å². The number of pyridine rings is 4. The summed E-state index contributed by atoms with van der Waals surface area (Å²) < 4.78 is 16.0. The van der Waals surface area contributed by atoms with E-state index in [-0.39, 0.29) is 18.3 Å². The summed E-state index contributed by atoms with van der Waals surface area (Å²) >= 11 is 5.10. The van der Waals surface area contributed by atoms with Gasteiger partial charge in [0.05, 0.1) is 37.0 Å². The second-order valence-corrected chi connectivity index (χ2v) is 18.0. The Morgan fingerprint density at radius 3 is 1.56 bits per heavy atom. The van der Waals surface area contributed by atoms with E-state index in [1.807, 2.05) is 45.3 Å². The minimum absolute atomic E-state index is 0. The highest BCUT2D eigenvalue weighted by atomic mass is 35.5. The van der Waals surface area contributed by atoms with Crippen LogP contribution in [0.3, 0.4) is 0 Å². The van der Waals surface area contributed by atoms with Crippen molar-refractivity contribution in [2.24, 2.45) is 11.8 Å². The number of fused-ring (bicyclic) bond motifs is 2. The van der Waals surface area contributed by atoms with Gasteiger partial charge in [0.25, 0.3) is 11.1 Å². The van der Waals surface area contributed by atoms with Crippen LogP contribution >= 0.6 is 24.0 Å². The lowest BCUT2D eigenvalue weighted by molar-refractivity contribution is 0.0987. The molecule has 2 fully saturated rings. The first-order valence-electron chi connectivity index (χ1n) is 24.1. The summed E-state index contributed by atoms with van der Waals surface area (Å²) in [5.41, 5.74) is 9.76. The number of benzene rings is 2. The molecular weight excluding hydrogens is 920 g/mol. The summed E-state index contributed by atoms with van der Waals surface area (Å²) in [6.07, 6.45) is 16.6. The number of carbonyl (C=O) groups is 2. The van der Waals surface area contributed by atoms with E-state index in [4.69, 9.17) is 31.0 Å². The Bertz CT molecular complexity index is 2940. The van der Waals surface area contributed by atoms with Gasteiger partial charge in [-0.25, -0.2) is 9.97 Å². The van der Waals surface area contributed by atoms with E-state index < -0.39 is 5.24 Å². The zero-order chi connectivity index (χ0) is 48.1. The molecule has 0 radical (unpaired) electrons. The highest BCUT2D eigenvalue weighted by Gasteiger charge is 2.23. The quantitative estimate of drug-likeness (QED) is 0.0941. The van der Waals surface area contributed by atoms with Crippen molar-refractivity contribution in [1.29, 1.82) is 0 Å². The Balaban J connectivity index is 0.000000177. The van der Waals surface area contributed by atoms with Gasteiger partial charge in [0.2, 0.25) is 0 Å². The van der Waals surface area contributed by atoms with Gasteiger partial charge < -0.3 is 28.8 Å². The van der Waals surface area contributed by atoms with Gasteiger partial charge in [-0.2, -0.15) is 0 Å². The van der Waals surface area contributed by atoms with Gasteiger partial charge in [0.15, 0.2) is 0 Å². The third-order valence-electron chi connectivity index (χ3n) is 12.9. The minimum Gasteiger partial charge on any atom is -0.494 e. The second-order valence-electron chi connectivity index (χ2n) is 17.7. The molecule has 2 aliphatic rings. The number of nitrogens with one attached hydrogen (secondary N) is 1. The van der Waals surface area contributed by atoms with Crippen molar-refractivity contribution in [1.82, 2.24) is 29.1 Å². The van der Waals surface area contributed by atoms with E-state index in [9.17, 15) is 9.59 Å². The van der Waals surface area contributed by atoms with E-state index in [0.29, 0.717) is 30.5 Å². The SMILES string of the molecule is CCOc1ccc(Cc2cc3cc(N(C)C(=O)c4ccccn4)cnc3n2CC2CCC2)cc1.CCOc1ccc(Cc2cc3cc(NC)cnc3n2CC2CCC2)cc1.Cl.O=C(Cl)c1ccccn1. The van der Waals surface area contributed by atoms with E-state index in [1.54, 1.807) is 54.7 Å². The number of halogens is 2. The van der Waals surface area contributed by atoms with E-state index >= 15 is 0 Å². The van der Waals surface area contributed by atoms with Crippen LogP contribution < -0.4 is 19.7 Å². The standard InChI is InChI=1S/C28H30N4O2.C22H27N3O.C6H4ClNO.ClH/c1-3-34-25-12-10-20(11-13-25)15-23-16-22-17-24(31(2)28(33)26-9-4-5-14-29-26)18-30-27(22)32(23)19-21-7-6-8-21;1-3-26-21-9-7-16(8-10-21)11-20-13-18-12-19(23-2)14-24-22(18)25(20)15-17-5-4-6-17;7-6(9)5-3-1-2-4-8-5;/h4-5,9-14,16-18,21H,3,6-8,15,19H2,1-2H3;7-10,12-14,17,23H,3-6,11,15H2,1-2H3;1-4H;1H. The maximum absolute atomic E-state index is 12.9. The number of hydrogen-bond acceptors (Lipinski definition) is 9. The Kier molecular flexibility index (Phi) is 18.0. The molecule has 1 N–H and O–H groups in total. The topological polar surface area (TPSA) is 129 Å². The number of anilines is 2. The fourth-order valence-corrected chi connectivity index (χ4v) is 8.80. The third kappa shape index (κ3) is 12.9. The molecule has 70 heavy (non-hydrogen) atoms. The molecule has 2 saturated carbocycles. The van der Waals surface area contributed by atoms with Crippen LogP contribution in [-0.4, -0.2) is 67.5 Å². The van der Waals surface area contributed by atoms with Crippen LogP contribution in [0.5, 0.6) is 11.5 Å². The number of ether oxygens (including phenoxy) is 2. The van der Waals surface area contributed by atoms with Gasteiger partial charge in [0, 0.05) is 74.6 Å². The van der Waals surface area contributed by atoms with Crippen molar-refractivity contribution in [2.45, 2.75) is 78.3 Å². The summed E-state index contributed by atoms with van der Waals surface area (Å²) in [6.45, 7) is 7.45. The fraction of sp³-hybridized carbons (Fsp3) is 0.321. The zero-order valence-electron chi connectivity index (χ0n) is 40.4. The van der Waals surface area contributed by atoms with Crippen molar-refractivity contribution in [2.75, 3.05) is 37.5 Å². The predicted octanol–water partition coefficient (Wildman–Crippen LogP) is 12.2. The second kappa shape index (κ2) is 24.7. The number of carbonyl (C=O) groups excluding carboxylic acids is 2. The molecule has 0 atom stereocenters. The number of nitrogens with zero attached hydrogens (tertiary/aromatic N) is 7. The van der Waals surface area contributed by atoms with Gasteiger partial charge in [-0.1, -0.05) is 49.2 Å². The van der Waals surface area contributed by atoms with Crippen molar-refractivity contribution in [3.63, 3.8) is 0 Å². The molecule has 2 aliphatic carbocycles. The number of hydrogen-bond donors (Lipinski definition) is 1. The zero-order valence-corrected chi connectivity index (χ0v) is 42.0. The molecule has 10 rings (SSSR count). The van der Waals surface area contributed by atoms with Crippen molar-refractivity contribution in [3.8, 4) is 11.5 Å². The van der Waals surface area contributed by atoms with Gasteiger partial charge in [-0.15, -0.1) is 12.4 Å². The maximum atomic E-state index is 12.9. The average Bonchev–Trinajstić information content (AvgIpc) is 3.87. The van der Waals surface area contributed by atoms with Gasteiger partial charge in [-0.05, 0) is 147 Å². The van der Waals surface area contributed by atoms with Crippen LogP contribution in [0.15, 0.2) is 134 Å². The van der Waals surface area contributed by atoms with E-state index in [2.05, 4.69) is 85.1 Å². The minimum atomic E-state index is -0.518. The third-order valence-corrected chi connectivity index (χ3v) is 13.1. The van der Waals surface area contributed by atoms with E-state index in [1.165, 1.54) is 72.6 Å². The monoisotopic (exact) mass is 980 g/mol. The van der Waals surface area contributed by atoms with Crippen molar-refractivity contribution in [3.05, 3.63) is 168 Å². The summed E-state index contributed by atoms with van der Waals surface area (Å²) in [7, 11) is 3.71. The Hall–Kier alpha value is -6.76. The van der Waals surface area contributed by atoms with E-state index in [0.717, 1.165) is 71.4 Å². The lowest BCUT2D eigenvalue weighted by atomic mass is 9.85. The largest absolute Gasteiger partial charge is 0.494 e. The molecule has 0 bridgehead atoms. The molecule has 1 amide bonds. The first-order valence-corrected chi connectivity index (χ1v) is 24.4. The number of aromatic nitrogens is 6. The molecule has 364 valence electrons. The molecule has 14 heteroatoms. The predicted molar refractivity (Wildman–Crippen MR) is 283 cm³/mol. The Morgan fingerprint density at radius 2 is 1.14 bits per heavy atom. The van der Waals surface area contributed by atoms with Crippen LogP contribution in [-0.2, 0) is 25.9 Å². The van der Waals surface area contributed by atoms with Crippen LogP contribution in [0.1, 0.15) is 95.9 Å². The molecule has 8 aromatic rings. The molecule has 12 nitrogen and oxygen atoms in total. The maximum Gasteiger partial charge on any atom is 0.276 e. The number of amides is 1. The van der Waals surface area contributed by atoms with Crippen LogP contribution in [0.2, 0.25) is 0 Å². The Morgan fingerprint density at radius 1 is 0.657 bits per heavy atom. The summed E-state index contributed by atoms with van der Waals surface area (Å²) in [5, 5.41) is 4.95. The molecule has 0 aliphatic heterocycles. The lowest BCUT2D eigenvalue weighted by Gasteiger charge is -2.27. The molecule has 6 aromatic heterocycles. The fourth-order valence-electron chi connectivity index (χ4n) is 8.69. The van der Waals surface area contributed by atoms with Crippen molar-refractivity contribution < 1.29 is 19.1 Å². The van der Waals surface area contributed by atoms with Gasteiger partial charge >= 0.3 is 0 Å². The summed E-state index contributed by atoms with van der Waals surface area (Å²) in [4.78, 5) is 42.3. The van der Waals surface area contributed by atoms with Crippen molar-refractivity contribution >= 4 is 68.6 Å². The Labute approximate surface area is 421 Å². The molecule has 2 aromatic carbocycles. The first-order chi connectivity index (χ1) is 33.7. The summed E-state index contributed by atoms with van der Waals surface area (Å²) in [5.74, 6) is 3.20. The normalized spacial score (nSPS) is 13.1. The van der Waals surface area contributed by atoms with Crippen LogP contribution in [0.4, 0.5) is 11.4 Å². The lowest BCUT2D eigenvalue weighted by Crippen LogP contribution is -2.27. The molecular formula is C56H62Cl2N8O4. The smallest absolute Gasteiger partial charge is 0.276 e. The molecule has 0 spiro atoms. The highest BCUT2D eigenvalue weighted by molar-refractivity contribution is 6.67. The molecule has 0 saturated heterocycles. The van der Waals surface area contributed by atoms with Gasteiger partial charge in [-0.3, -0.25) is 19.6 Å². The highest BCUT2D eigenvalue weighted by Crippen LogP contribution is 2.34. The summed E-state index contributed by atoms with van der Waals surface area (Å²) in [6, 6.07) is 35.9. The molecule has 6 heterocycles. The number of rotatable bonds is 16. The van der Waals surface area contributed by atoms with Crippen LogP contribution in [0, 0.1) is 11.8 Å². The average molecular weight is 982 g/mol. The molecule has 0 unspecified atom stereocenters.